The third kappa shape index (κ3) is 4.79. The maximum atomic E-state index is 12.7. The van der Waals surface area contributed by atoms with Crippen molar-refractivity contribution in [1.29, 1.82) is 0 Å². The molecule has 1 heterocycles. The van der Waals surface area contributed by atoms with Gasteiger partial charge in [-0.2, -0.15) is 0 Å². The molecule has 122 valence electrons. The van der Waals surface area contributed by atoms with Gasteiger partial charge in [0, 0.05) is 29.3 Å². The first-order chi connectivity index (χ1) is 11.2. The molecule has 1 aromatic heterocycles. The molecule has 0 saturated heterocycles. The first-order valence-electron chi connectivity index (χ1n) is 7.92. The highest BCUT2D eigenvalue weighted by molar-refractivity contribution is 9.10. The van der Waals surface area contributed by atoms with E-state index in [4.69, 9.17) is 0 Å². The van der Waals surface area contributed by atoms with Gasteiger partial charge in [0.25, 0.3) is 5.91 Å². The smallest absolute Gasteiger partial charge is 0.254 e. The quantitative estimate of drug-likeness (QED) is 0.751. The first kappa shape index (κ1) is 17.5. The molecule has 1 aromatic carbocycles. The summed E-state index contributed by atoms with van der Waals surface area (Å²) in [5.74, 6) is 0.724. The monoisotopic (exact) mass is 375 g/mol. The number of amides is 1. The summed E-state index contributed by atoms with van der Waals surface area (Å²) in [6, 6.07) is 11.4. The first-order valence-corrected chi connectivity index (χ1v) is 8.71. The topological polar surface area (TPSA) is 45.2 Å². The highest BCUT2D eigenvalue weighted by Gasteiger charge is 2.15. The number of rotatable bonds is 7. The summed E-state index contributed by atoms with van der Waals surface area (Å²) in [5.41, 5.74) is 1.58. The summed E-state index contributed by atoms with van der Waals surface area (Å²) in [6.07, 6.45) is 3.58. The van der Waals surface area contributed by atoms with E-state index in [2.05, 4.69) is 40.1 Å². The van der Waals surface area contributed by atoms with Crippen LogP contribution in [0.1, 0.15) is 37.0 Å². The van der Waals surface area contributed by atoms with Crippen LogP contribution in [0.15, 0.2) is 47.1 Å². The lowest BCUT2D eigenvalue weighted by atomic mass is 10.2. The fraction of sp³-hybridized carbons (Fsp3) is 0.333. The molecule has 0 bridgehead atoms. The summed E-state index contributed by atoms with van der Waals surface area (Å²) in [5, 5.41) is 3.24. The Morgan fingerprint density at radius 2 is 1.87 bits per heavy atom. The molecule has 0 unspecified atom stereocenters. The number of carbonyl (C=O) groups excluding carboxylic acids is 1. The van der Waals surface area contributed by atoms with E-state index in [0.717, 1.165) is 36.1 Å². The number of aromatic nitrogens is 1. The normalized spacial score (nSPS) is 10.4. The van der Waals surface area contributed by atoms with E-state index in [1.165, 1.54) is 0 Å². The van der Waals surface area contributed by atoms with Crippen molar-refractivity contribution >= 4 is 33.3 Å². The molecule has 0 spiro atoms. The highest BCUT2D eigenvalue weighted by Crippen LogP contribution is 2.24. The second-order valence-corrected chi connectivity index (χ2v) is 6.18. The van der Waals surface area contributed by atoms with Crippen LogP contribution in [0.4, 0.5) is 11.5 Å². The fourth-order valence-electron chi connectivity index (χ4n) is 2.37. The number of para-hydroxylation sites is 1. The molecule has 4 nitrogen and oxygen atoms in total. The average molecular weight is 376 g/mol. The van der Waals surface area contributed by atoms with E-state index in [0.29, 0.717) is 11.4 Å². The molecule has 2 rings (SSSR count). The minimum absolute atomic E-state index is 0.0614. The van der Waals surface area contributed by atoms with Crippen molar-refractivity contribution in [3.8, 4) is 0 Å². The van der Waals surface area contributed by atoms with Crippen molar-refractivity contribution < 1.29 is 4.79 Å². The largest absolute Gasteiger partial charge is 0.339 e. The zero-order valence-corrected chi connectivity index (χ0v) is 15.1. The maximum Gasteiger partial charge on any atom is 0.254 e. The molecule has 0 fully saturated rings. The lowest BCUT2D eigenvalue weighted by Gasteiger charge is -2.21. The Hall–Kier alpha value is -1.88. The molecule has 1 amide bonds. The van der Waals surface area contributed by atoms with Crippen molar-refractivity contribution in [2.24, 2.45) is 0 Å². The van der Waals surface area contributed by atoms with Gasteiger partial charge in [-0.1, -0.05) is 26.0 Å². The molecule has 0 aliphatic rings. The molecular formula is C18H22BrN3O. The van der Waals surface area contributed by atoms with Crippen molar-refractivity contribution in [3.63, 3.8) is 0 Å². The van der Waals surface area contributed by atoms with Gasteiger partial charge >= 0.3 is 0 Å². The second kappa shape index (κ2) is 8.67. The van der Waals surface area contributed by atoms with Gasteiger partial charge in [0.2, 0.25) is 0 Å². The zero-order chi connectivity index (χ0) is 16.7. The van der Waals surface area contributed by atoms with Crippen LogP contribution >= 0.6 is 15.9 Å². The Morgan fingerprint density at radius 3 is 2.52 bits per heavy atom. The van der Waals surface area contributed by atoms with Crippen LogP contribution in [0, 0.1) is 0 Å². The Morgan fingerprint density at radius 1 is 1.17 bits per heavy atom. The Balaban J connectivity index is 2.18. The van der Waals surface area contributed by atoms with Crippen LogP contribution in [-0.4, -0.2) is 28.9 Å². The van der Waals surface area contributed by atoms with Crippen molar-refractivity contribution in [3.05, 3.63) is 52.6 Å². The summed E-state index contributed by atoms with van der Waals surface area (Å²) >= 11 is 3.50. The molecule has 0 aliphatic carbocycles. The van der Waals surface area contributed by atoms with Gasteiger partial charge in [-0.15, -0.1) is 0 Å². The molecule has 1 N–H and O–H groups in total. The van der Waals surface area contributed by atoms with Crippen LogP contribution in [0.25, 0.3) is 0 Å². The SMILES string of the molecule is CCCN(CCC)C(=O)c1ccnc(Nc2ccccc2Br)c1. The van der Waals surface area contributed by atoms with Crippen LogP contribution in [0.2, 0.25) is 0 Å². The van der Waals surface area contributed by atoms with E-state index >= 15 is 0 Å². The number of pyridine rings is 1. The van der Waals surface area contributed by atoms with Gasteiger partial charge < -0.3 is 10.2 Å². The van der Waals surface area contributed by atoms with Crippen LogP contribution in [0.3, 0.4) is 0 Å². The summed E-state index contributed by atoms with van der Waals surface area (Å²) in [6.45, 7) is 5.73. The van der Waals surface area contributed by atoms with E-state index < -0.39 is 0 Å². The minimum atomic E-state index is 0.0614. The molecule has 2 aromatic rings. The second-order valence-electron chi connectivity index (χ2n) is 5.33. The number of hydrogen-bond donors (Lipinski definition) is 1. The number of nitrogens with one attached hydrogen (secondary N) is 1. The van der Waals surface area contributed by atoms with E-state index in [-0.39, 0.29) is 5.91 Å². The molecule has 0 radical (unpaired) electrons. The molecule has 0 atom stereocenters. The van der Waals surface area contributed by atoms with Gasteiger partial charge in [0.15, 0.2) is 0 Å². The lowest BCUT2D eigenvalue weighted by Crippen LogP contribution is -2.32. The van der Waals surface area contributed by atoms with Crippen molar-refractivity contribution in [1.82, 2.24) is 9.88 Å². The van der Waals surface area contributed by atoms with Crippen LogP contribution < -0.4 is 5.32 Å². The van der Waals surface area contributed by atoms with Gasteiger partial charge in [-0.25, -0.2) is 4.98 Å². The number of hydrogen-bond acceptors (Lipinski definition) is 3. The van der Waals surface area contributed by atoms with Crippen molar-refractivity contribution in [2.45, 2.75) is 26.7 Å². The molecular weight excluding hydrogens is 354 g/mol. The zero-order valence-electron chi connectivity index (χ0n) is 13.6. The highest BCUT2D eigenvalue weighted by atomic mass is 79.9. The summed E-state index contributed by atoms with van der Waals surface area (Å²) in [7, 11) is 0. The summed E-state index contributed by atoms with van der Waals surface area (Å²) in [4.78, 5) is 18.9. The maximum absolute atomic E-state index is 12.7. The Labute approximate surface area is 146 Å². The number of carbonyl (C=O) groups is 1. The number of halogens is 1. The summed E-state index contributed by atoms with van der Waals surface area (Å²) < 4.78 is 0.956. The standard InChI is InChI=1S/C18H22BrN3O/c1-3-11-22(12-4-2)18(23)14-9-10-20-17(13-14)21-16-8-6-5-7-15(16)19/h5-10,13H,3-4,11-12H2,1-2H3,(H,20,21). The van der Waals surface area contributed by atoms with Gasteiger partial charge in [0.05, 0.1) is 5.69 Å². The van der Waals surface area contributed by atoms with Gasteiger partial charge in [0.1, 0.15) is 5.82 Å². The molecule has 0 saturated carbocycles. The predicted molar refractivity (Wildman–Crippen MR) is 98.1 cm³/mol. The number of benzene rings is 1. The molecule has 0 aliphatic heterocycles. The van der Waals surface area contributed by atoms with Crippen LogP contribution in [-0.2, 0) is 0 Å². The predicted octanol–water partition coefficient (Wildman–Crippen LogP) is 4.85. The third-order valence-corrected chi connectivity index (χ3v) is 4.11. The Bertz CT molecular complexity index is 654. The Kier molecular flexibility index (Phi) is 6.59. The lowest BCUT2D eigenvalue weighted by molar-refractivity contribution is 0.0755. The van der Waals surface area contributed by atoms with Gasteiger partial charge in [-0.05, 0) is 53.0 Å². The number of anilines is 2. The van der Waals surface area contributed by atoms with E-state index in [9.17, 15) is 4.79 Å². The fourth-order valence-corrected chi connectivity index (χ4v) is 2.75. The third-order valence-electron chi connectivity index (χ3n) is 3.42. The van der Waals surface area contributed by atoms with E-state index in [1.807, 2.05) is 29.2 Å². The van der Waals surface area contributed by atoms with Gasteiger partial charge in [-0.3, -0.25) is 4.79 Å². The van der Waals surface area contributed by atoms with E-state index in [1.54, 1.807) is 18.3 Å². The molecule has 5 heteroatoms. The average Bonchev–Trinajstić information content (AvgIpc) is 2.56. The molecule has 23 heavy (non-hydrogen) atoms. The number of nitrogens with zero attached hydrogens (tertiary/aromatic N) is 2. The van der Waals surface area contributed by atoms with Crippen LogP contribution in [0.5, 0.6) is 0 Å². The van der Waals surface area contributed by atoms with Crippen molar-refractivity contribution in [2.75, 3.05) is 18.4 Å². The minimum Gasteiger partial charge on any atom is -0.339 e.